The van der Waals surface area contributed by atoms with Crippen molar-refractivity contribution in [2.75, 3.05) is 4.90 Å². The summed E-state index contributed by atoms with van der Waals surface area (Å²) in [6.45, 7) is 0. The molecule has 9 aromatic carbocycles. The summed E-state index contributed by atoms with van der Waals surface area (Å²) >= 11 is 3.81. The van der Waals surface area contributed by atoms with E-state index in [4.69, 9.17) is 4.42 Å². The van der Waals surface area contributed by atoms with Crippen LogP contribution >= 0.6 is 22.7 Å². The zero-order valence-corrected chi connectivity index (χ0v) is 32.9. The van der Waals surface area contributed by atoms with Crippen LogP contribution in [0.4, 0.5) is 17.1 Å². The highest BCUT2D eigenvalue weighted by molar-refractivity contribution is 7.30. The normalized spacial score (nSPS) is 11.8. The Morgan fingerprint density at radius 3 is 1.64 bits per heavy atom. The Kier molecular flexibility index (Phi) is 7.62. The number of anilines is 3. The van der Waals surface area contributed by atoms with E-state index in [0.29, 0.717) is 0 Å². The predicted molar refractivity (Wildman–Crippen MR) is 250 cm³/mol. The first-order valence-electron chi connectivity index (χ1n) is 19.6. The number of hydrogen-bond acceptors (Lipinski definition) is 4. The van der Waals surface area contributed by atoms with Gasteiger partial charge in [0.15, 0.2) is 0 Å². The number of para-hydroxylation sites is 1. The third kappa shape index (κ3) is 5.37. The molecule has 0 aliphatic rings. The largest absolute Gasteiger partial charge is 0.456 e. The van der Waals surface area contributed by atoms with Crippen LogP contribution in [0.2, 0.25) is 0 Å². The maximum absolute atomic E-state index is 6.24. The van der Waals surface area contributed by atoms with Gasteiger partial charge < -0.3 is 9.32 Å². The van der Waals surface area contributed by atoms with Gasteiger partial charge in [0.25, 0.3) is 0 Å². The van der Waals surface area contributed by atoms with E-state index in [1.54, 1.807) is 0 Å². The lowest BCUT2D eigenvalue weighted by Crippen LogP contribution is -2.09. The molecule has 0 spiro atoms. The van der Waals surface area contributed by atoms with Crippen molar-refractivity contribution in [1.82, 2.24) is 0 Å². The van der Waals surface area contributed by atoms with Gasteiger partial charge in [0, 0.05) is 68.2 Å². The maximum Gasteiger partial charge on any atom is 0.136 e. The lowest BCUT2D eigenvalue weighted by molar-refractivity contribution is 0.669. The zero-order valence-electron chi connectivity index (χ0n) is 31.2. The van der Waals surface area contributed by atoms with Gasteiger partial charge in [-0.25, -0.2) is 0 Å². The van der Waals surface area contributed by atoms with Gasteiger partial charge in [-0.2, -0.15) is 0 Å². The Bertz CT molecular complexity index is 3480. The standard InChI is InChI=1S/C54H33NOS2/c1-2-9-34(10-3-1)35-17-24-39(25-18-35)55(40-26-19-36(20-27-40)38-23-30-44-43-11-4-6-15-48(43)56-49(44)33-38)41-28-21-37(22-29-41)42-13-8-14-45-46-31-32-51-52(54(46)58-53(42)45)47-12-5-7-16-50(47)57-51/h1-33H. The molecule has 0 unspecified atom stereocenters. The molecule has 3 heterocycles. The summed E-state index contributed by atoms with van der Waals surface area (Å²) in [5.74, 6) is 0. The van der Waals surface area contributed by atoms with E-state index in [9.17, 15) is 0 Å². The zero-order chi connectivity index (χ0) is 38.2. The average molecular weight is 776 g/mol. The lowest BCUT2D eigenvalue weighted by Gasteiger charge is -2.26. The van der Waals surface area contributed by atoms with E-state index in [1.165, 1.54) is 62.6 Å². The molecule has 4 heteroatoms. The van der Waals surface area contributed by atoms with Crippen LogP contribution in [0, 0.1) is 0 Å². The summed E-state index contributed by atoms with van der Waals surface area (Å²) in [6.07, 6.45) is 0. The molecule has 0 N–H and O–H groups in total. The van der Waals surface area contributed by atoms with Crippen molar-refractivity contribution in [3.63, 3.8) is 0 Å². The number of rotatable bonds is 6. The summed E-state index contributed by atoms with van der Waals surface area (Å²) in [7, 11) is 0. The minimum absolute atomic E-state index is 0.905. The van der Waals surface area contributed by atoms with E-state index in [1.807, 2.05) is 34.8 Å². The van der Waals surface area contributed by atoms with Crippen molar-refractivity contribution < 1.29 is 4.42 Å². The molecule has 0 atom stereocenters. The summed E-state index contributed by atoms with van der Waals surface area (Å²) in [5, 5.41) is 7.67. The average Bonchev–Trinajstić information content (AvgIpc) is 3.98. The second-order valence-electron chi connectivity index (χ2n) is 14.8. The molecule has 58 heavy (non-hydrogen) atoms. The molecular formula is C54H33NOS2. The molecule has 0 fully saturated rings. The van der Waals surface area contributed by atoms with Gasteiger partial charge in [-0.05, 0) is 100 Å². The predicted octanol–water partition coefficient (Wildman–Crippen LogP) is 16.8. The summed E-state index contributed by atoms with van der Waals surface area (Å²) in [6, 6.07) is 72.4. The van der Waals surface area contributed by atoms with Gasteiger partial charge >= 0.3 is 0 Å². The van der Waals surface area contributed by atoms with E-state index < -0.39 is 0 Å². The summed E-state index contributed by atoms with van der Waals surface area (Å²) in [5.41, 5.74) is 12.3. The molecule has 2 nitrogen and oxygen atoms in total. The van der Waals surface area contributed by atoms with Crippen LogP contribution < -0.4 is 4.90 Å². The van der Waals surface area contributed by atoms with Crippen LogP contribution in [0.1, 0.15) is 0 Å². The van der Waals surface area contributed by atoms with Gasteiger partial charge in [-0.15, -0.1) is 22.7 Å². The molecule has 12 aromatic rings. The van der Waals surface area contributed by atoms with Gasteiger partial charge in [-0.3, -0.25) is 0 Å². The van der Waals surface area contributed by atoms with Crippen LogP contribution in [0.25, 0.3) is 95.7 Å². The van der Waals surface area contributed by atoms with Gasteiger partial charge in [0.05, 0.1) is 0 Å². The van der Waals surface area contributed by atoms with E-state index >= 15 is 0 Å². The second-order valence-corrected chi connectivity index (χ2v) is 17.0. The minimum atomic E-state index is 0.905. The van der Waals surface area contributed by atoms with Crippen molar-refractivity contribution in [3.05, 3.63) is 200 Å². The molecule has 0 aliphatic heterocycles. The molecule has 3 aromatic heterocycles. The topological polar surface area (TPSA) is 16.4 Å². The maximum atomic E-state index is 6.24. The van der Waals surface area contributed by atoms with Crippen molar-refractivity contribution >= 4 is 102 Å². The molecule has 0 amide bonds. The Balaban J connectivity index is 0.938. The molecule has 0 saturated carbocycles. The SMILES string of the molecule is c1ccc(-c2ccc(N(c3ccc(-c4ccc5c(c4)oc4ccccc45)cc3)c3ccc(-c4cccc5c4sc4c5ccc5sc6ccccc6c54)cc3)cc2)cc1. The van der Waals surface area contributed by atoms with Crippen molar-refractivity contribution in [3.8, 4) is 33.4 Å². The monoisotopic (exact) mass is 775 g/mol. The highest BCUT2D eigenvalue weighted by Crippen LogP contribution is 2.47. The van der Waals surface area contributed by atoms with E-state index in [-0.39, 0.29) is 0 Å². The fourth-order valence-corrected chi connectivity index (χ4v) is 11.2. The fraction of sp³-hybridized carbons (Fsp3) is 0. The number of nitrogens with zero attached hydrogens (tertiary/aromatic N) is 1. The number of fused-ring (bicyclic) bond motifs is 10. The van der Waals surface area contributed by atoms with Crippen LogP contribution in [0.3, 0.4) is 0 Å². The highest BCUT2D eigenvalue weighted by Gasteiger charge is 2.18. The highest BCUT2D eigenvalue weighted by atomic mass is 32.1. The van der Waals surface area contributed by atoms with Crippen LogP contribution in [0.15, 0.2) is 205 Å². The Hall–Kier alpha value is -6.98. The van der Waals surface area contributed by atoms with Crippen molar-refractivity contribution in [1.29, 1.82) is 0 Å². The number of furan rings is 1. The first-order chi connectivity index (χ1) is 28.7. The van der Waals surface area contributed by atoms with Crippen molar-refractivity contribution in [2.45, 2.75) is 0 Å². The first kappa shape index (κ1) is 33.2. The smallest absolute Gasteiger partial charge is 0.136 e. The molecule has 0 bridgehead atoms. The molecule has 0 aliphatic carbocycles. The molecule has 0 saturated heterocycles. The van der Waals surface area contributed by atoms with Gasteiger partial charge in [0.2, 0.25) is 0 Å². The Labute approximate surface area is 343 Å². The first-order valence-corrected chi connectivity index (χ1v) is 21.2. The van der Waals surface area contributed by atoms with Crippen molar-refractivity contribution in [2.24, 2.45) is 0 Å². The minimum Gasteiger partial charge on any atom is -0.456 e. The molecular weight excluding hydrogens is 743 g/mol. The summed E-state index contributed by atoms with van der Waals surface area (Å²) in [4.78, 5) is 2.35. The number of hydrogen-bond donors (Lipinski definition) is 0. The van der Waals surface area contributed by atoms with Crippen LogP contribution in [-0.4, -0.2) is 0 Å². The molecule has 272 valence electrons. The van der Waals surface area contributed by atoms with E-state index in [2.05, 4.69) is 193 Å². The molecule has 12 rings (SSSR count). The third-order valence-electron chi connectivity index (χ3n) is 11.5. The van der Waals surface area contributed by atoms with Gasteiger partial charge in [0.1, 0.15) is 11.2 Å². The fourth-order valence-electron chi connectivity index (χ4n) is 8.67. The van der Waals surface area contributed by atoms with Gasteiger partial charge in [-0.1, -0.05) is 133 Å². The second kappa shape index (κ2) is 13.3. The van der Waals surface area contributed by atoms with Crippen LogP contribution in [-0.2, 0) is 0 Å². The third-order valence-corrected chi connectivity index (χ3v) is 13.9. The number of thiophene rings is 2. The van der Waals surface area contributed by atoms with Crippen LogP contribution in [0.5, 0.6) is 0 Å². The van der Waals surface area contributed by atoms with E-state index in [0.717, 1.165) is 50.1 Å². The summed E-state index contributed by atoms with van der Waals surface area (Å²) < 4.78 is 11.6. The molecule has 0 radical (unpaired) electrons. The quantitative estimate of drug-likeness (QED) is 0.167. The Morgan fingerprint density at radius 2 is 0.879 bits per heavy atom. The number of benzene rings is 9. The Morgan fingerprint density at radius 1 is 0.328 bits per heavy atom. The lowest BCUT2D eigenvalue weighted by atomic mass is 10.0.